The Kier molecular flexibility index (Phi) is 6.03. The molecule has 1 atom stereocenters. The van der Waals surface area contributed by atoms with E-state index in [0.717, 1.165) is 36.3 Å². The number of hydrogen-bond donors (Lipinski definition) is 0. The van der Waals surface area contributed by atoms with Gasteiger partial charge >= 0.3 is 5.97 Å². The van der Waals surface area contributed by atoms with E-state index in [0.29, 0.717) is 32.2 Å². The predicted octanol–water partition coefficient (Wildman–Crippen LogP) is 4.48. The lowest BCUT2D eigenvalue weighted by molar-refractivity contribution is -0.178. The van der Waals surface area contributed by atoms with E-state index in [1.54, 1.807) is 0 Å². The Morgan fingerprint density at radius 2 is 2.00 bits per heavy atom. The fourth-order valence-electron chi connectivity index (χ4n) is 3.90. The van der Waals surface area contributed by atoms with Crippen molar-refractivity contribution in [3.8, 4) is 0 Å². The van der Waals surface area contributed by atoms with Crippen LogP contribution in [0, 0.1) is 5.92 Å². The van der Waals surface area contributed by atoms with Gasteiger partial charge in [-0.25, -0.2) is 0 Å². The van der Waals surface area contributed by atoms with E-state index < -0.39 is 0 Å². The molecule has 1 aromatic carbocycles. The highest BCUT2D eigenvalue weighted by Crippen LogP contribution is 2.44. The number of carbonyl (C=O) groups excluding carboxylic acids is 1. The van der Waals surface area contributed by atoms with Crippen LogP contribution in [0.4, 0.5) is 0 Å². The number of rotatable bonds is 5. The molecule has 5 heteroatoms. The maximum atomic E-state index is 11.8. The zero-order valence-corrected chi connectivity index (χ0v) is 15.8. The van der Waals surface area contributed by atoms with Crippen molar-refractivity contribution in [1.82, 2.24) is 0 Å². The summed E-state index contributed by atoms with van der Waals surface area (Å²) in [6.45, 7) is 5.55. The van der Waals surface area contributed by atoms with Crippen molar-refractivity contribution in [3.63, 3.8) is 0 Å². The molecule has 0 aromatic heterocycles. The summed E-state index contributed by atoms with van der Waals surface area (Å²) in [5.74, 6) is -0.204. The van der Waals surface area contributed by atoms with Gasteiger partial charge in [0, 0.05) is 17.9 Å². The van der Waals surface area contributed by atoms with Gasteiger partial charge in [-0.2, -0.15) is 0 Å². The molecule has 25 heavy (non-hydrogen) atoms. The van der Waals surface area contributed by atoms with Gasteiger partial charge in [0.1, 0.15) is 0 Å². The third-order valence-electron chi connectivity index (χ3n) is 5.30. The third kappa shape index (κ3) is 4.36. The molecule has 1 saturated carbocycles. The van der Waals surface area contributed by atoms with Crippen LogP contribution in [0.5, 0.6) is 0 Å². The first-order valence-electron chi connectivity index (χ1n) is 9.26. The van der Waals surface area contributed by atoms with Crippen molar-refractivity contribution in [1.29, 1.82) is 0 Å². The summed E-state index contributed by atoms with van der Waals surface area (Å²) < 4.78 is 16.7. The van der Waals surface area contributed by atoms with Gasteiger partial charge in [-0.05, 0) is 49.3 Å². The molecule has 138 valence electrons. The molecule has 0 bridgehead atoms. The Morgan fingerprint density at radius 1 is 1.32 bits per heavy atom. The second-order valence-corrected chi connectivity index (χ2v) is 7.50. The zero-order valence-electron chi connectivity index (χ0n) is 15.1. The number of benzene rings is 1. The average Bonchev–Trinajstić information content (AvgIpc) is 3.04. The van der Waals surface area contributed by atoms with Crippen molar-refractivity contribution in [2.45, 2.75) is 57.7 Å². The zero-order chi connectivity index (χ0) is 17.9. The summed E-state index contributed by atoms with van der Waals surface area (Å²) in [5.41, 5.74) is 2.27. The Hall–Kier alpha value is -1.10. The fourth-order valence-corrected chi connectivity index (χ4v) is 4.26. The fraction of sp³-hybridized carbons (Fsp3) is 0.650. The lowest BCUT2D eigenvalue weighted by Crippen LogP contribution is -2.34. The summed E-state index contributed by atoms with van der Waals surface area (Å²) in [6, 6.07) is 6.21. The van der Waals surface area contributed by atoms with Gasteiger partial charge in [0.2, 0.25) is 0 Å². The van der Waals surface area contributed by atoms with Crippen LogP contribution in [-0.2, 0) is 25.4 Å². The second kappa shape index (κ2) is 8.07. The van der Waals surface area contributed by atoms with Crippen LogP contribution in [-0.4, -0.2) is 31.6 Å². The molecule has 0 N–H and O–H groups in total. The number of hydrogen-bond acceptors (Lipinski definition) is 4. The Morgan fingerprint density at radius 3 is 2.60 bits per heavy atom. The molecule has 1 aromatic rings. The molecule has 1 spiro atoms. The SMILES string of the molecule is CCOC(=O)[C@@H](C)Cc1ccc(C2CCC3(CC2)OCCO3)c(Cl)c1. The monoisotopic (exact) mass is 366 g/mol. The third-order valence-corrected chi connectivity index (χ3v) is 5.62. The quantitative estimate of drug-likeness (QED) is 0.720. The van der Waals surface area contributed by atoms with Gasteiger partial charge in [-0.15, -0.1) is 0 Å². The van der Waals surface area contributed by atoms with Crippen molar-refractivity contribution < 1.29 is 19.0 Å². The molecule has 1 aliphatic carbocycles. The average molecular weight is 367 g/mol. The molecule has 0 unspecified atom stereocenters. The minimum absolute atomic E-state index is 0.156. The Bertz CT molecular complexity index is 600. The Labute approximate surface area is 154 Å². The highest BCUT2D eigenvalue weighted by Gasteiger charge is 2.40. The van der Waals surface area contributed by atoms with Gasteiger partial charge in [-0.1, -0.05) is 30.7 Å². The lowest BCUT2D eigenvalue weighted by Gasteiger charge is -2.35. The van der Waals surface area contributed by atoms with E-state index in [2.05, 4.69) is 12.1 Å². The smallest absolute Gasteiger partial charge is 0.308 e. The van der Waals surface area contributed by atoms with Gasteiger partial charge in [-0.3, -0.25) is 4.79 Å². The highest BCUT2D eigenvalue weighted by atomic mass is 35.5. The summed E-state index contributed by atoms with van der Waals surface area (Å²) in [4.78, 5) is 11.8. The molecule has 3 rings (SSSR count). The van der Waals surface area contributed by atoms with Gasteiger partial charge in [0.25, 0.3) is 0 Å². The van der Waals surface area contributed by atoms with Crippen LogP contribution in [0.15, 0.2) is 18.2 Å². The van der Waals surface area contributed by atoms with Crippen LogP contribution < -0.4 is 0 Å². The molecule has 1 saturated heterocycles. The van der Waals surface area contributed by atoms with Crippen LogP contribution >= 0.6 is 11.6 Å². The molecular formula is C20H27ClO4. The summed E-state index contributed by atoms with van der Waals surface area (Å²) >= 11 is 6.56. The predicted molar refractivity (Wildman–Crippen MR) is 96.8 cm³/mol. The summed E-state index contributed by atoms with van der Waals surface area (Å²) in [6.07, 6.45) is 4.55. The van der Waals surface area contributed by atoms with E-state index in [-0.39, 0.29) is 17.7 Å². The molecule has 1 heterocycles. The summed E-state index contributed by atoms with van der Waals surface area (Å²) in [5, 5.41) is 0.794. The lowest BCUT2D eigenvalue weighted by atomic mass is 9.80. The van der Waals surface area contributed by atoms with Crippen molar-refractivity contribution >= 4 is 17.6 Å². The van der Waals surface area contributed by atoms with Crippen LogP contribution in [0.25, 0.3) is 0 Å². The second-order valence-electron chi connectivity index (χ2n) is 7.09. The largest absolute Gasteiger partial charge is 0.466 e. The minimum Gasteiger partial charge on any atom is -0.466 e. The molecular weight excluding hydrogens is 340 g/mol. The maximum absolute atomic E-state index is 11.8. The normalized spacial score (nSPS) is 21.4. The first-order chi connectivity index (χ1) is 12.0. The number of carbonyl (C=O) groups is 1. The van der Waals surface area contributed by atoms with Crippen LogP contribution in [0.3, 0.4) is 0 Å². The van der Waals surface area contributed by atoms with E-state index >= 15 is 0 Å². The van der Waals surface area contributed by atoms with E-state index in [1.165, 1.54) is 5.56 Å². The van der Waals surface area contributed by atoms with Crippen LogP contribution in [0.2, 0.25) is 5.02 Å². The summed E-state index contributed by atoms with van der Waals surface area (Å²) in [7, 11) is 0. The number of halogens is 1. The van der Waals surface area contributed by atoms with E-state index in [4.69, 9.17) is 25.8 Å². The highest BCUT2D eigenvalue weighted by molar-refractivity contribution is 6.31. The Balaban J connectivity index is 1.61. The standard InChI is InChI=1S/C20H27ClO4/c1-3-23-19(22)14(2)12-15-4-5-17(18(21)13-15)16-6-8-20(9-7-16)24-10-11-25-20/h4-5,13-14,16H,3,6-12H2,1-2H3/t14-/m0/s1. The molecule has 2 fully saturated rings. The van der Waals surface area contributed by atoms with Crippen molar-refractivity contribution in [3.05, 3.63) is 34.3 Å². The minimum atomic E-state index is -0.335. The van der Waals surface area contributed by atoms with Crippen molar-refractivity contribution in [2.75, 3.05) is 19.8 Å². The molecule has 1 aliphatic heterocycles. The van der Waals surface area contributed by atoms with E-state index in [9.17, 15) is 4.79 Å². The maximum Gasteiger partial charge on any atom is 0.308 e. The first-order valence-corrected chi connectivity index (χ1v) is 9.63. The molecule has 4 nitrogen and oxygen atoms in total. The number of esters is 1. The number of ether oxygens (including phenoxy) is 3. The molecule has 2 aliphatic rings. The van der Waals surface area contributed by atoms with Crippen molar-refractivity contribution in [2.24, 2.45) is 5.92 Å². The van der Waals surface area contributed by atoms with E-state index in [1.807, 2.05) is 19.9 Å². The van der Waals surface area contributed by atoms with Gasteiger partial charge < -0.3 is 14.2 Å². The van der Waals surface area contributed by atoms with Crippen LogP contribution in [0.1, 0.15) is 56.6 Å². The molecule has 0 radical (unpaired) electrons. The van der Waals surface area contributed by atoms with Gasteiger partial charge in [0.05, 0.1) is 25.7 Å². The topological polar surface area (TPSA) is 44.8 Å². The van der Waals surface area contributed by atoms with Gasteiger partial charge in [0.15, 0.2) is 5.79 Å². The molecule has 0 amide bonds. The first kappa shape index (κ1) is 18.7.